The highest BCUT2D eigenvalue weighted by molar-refractivity contribution is 6.33. The molecular formula is C14H14ClN3O. The van der Waals surface area contributed by atoms with Gasteiger partial charge in [0.2, 0.25) is 0 Å². The van der Waals surface area contributed by atoms with Gasteiger partial charge in [-0.2, -0.15) is 5.10 Å². The maximum atomic E-state index is 12.1. The molecule has 1 heterocycles. The van der Waals surface area contributed by atoms with Crippen molar-refractivity contribution in [2.45, 2.75) is 25.3 Å². The van der Waals surface area contributed by atoms with Gasteiger partial charge in [0.05, 0.1) is 17.3 Å². The lowest BCUT2D eigenvalue weighted by Crippen LogP contribution is -2.31. The zero-order valence-corrected chi connectivity index (χ0v) is 11.1. The molecule has 0 aliphatic heterocycles. The zero-order chi connectivity index (χ0) is 13.2. The monoisotopic (exact) mass is 275 g/mol. The van der Waals surface area contributed by atoms with Crippen molar-refractivity contribution in [1.29, 1.82) is 0 Å². The second-order valence-electron chi connectivity index (χ2n) is 4.71. The van der Waals surface area contributed by atoms with E-state index in [9.17, 15) is 4.79 Å². The first kappa shape index (κ1) is 12.2. The molecule has 0 unspecified atom stereocenters. The first-order valence-corrected chi connectivity index (χ1v) is 6.71. The molecule has 0 bridgehead atoms. The number of amides is 1. The van der Waals surface area contributed by atoms with E-state index >= 15 is 0 Å². The number of halogens is 1. The topological polar surface area (TPSA) is 57.8 Å². The third-order valence-corrected chi connectivity index (χ3v) is 3.78. The van der Waals surface area contributed by atoms with Gasteiger partial charge in [-0.1, -0.05) is 35.9 Å². The second-order valence-corrected chi connectivity index (χ2v) is 5.12. The fraction of sp³-hybridized carbons (Fsp3) is 0.286. The van der Waals surface area contributed by atoms with Crippen molar-refractivity contribution in [3.63, 3.8) is 0 Å². The molecule has 1 aliphatic carbocycles. The van der Waals surface area contributed by atoms with Gasteiger partial charge in [0, 0.05) is 0 Å². The van der Waals surface area contributed by atoms with Gasteiger partial charge in [-0.25, -0.2) is 0 Å². The number of H-pyrrole nitrogens is 1. The molecule has 19 heavy (non-hydrogen) atoms. The Hall–Kier alpha value is -1.81. The van der Waals surface area contributed by atoms with Crippen molar-refractivity contribution >= 4 is 17.5 Å². The molecule has 1 amide bonds. The van der Waals surface area contributed by atoms with Crippen LogP contribution in [0, 0.1) is 0 Å². The van der Waals surface area contributed by atoms with E-state index in [1.54, 1.807) is 0 Å². The average molecular weight is 276 g/mol. The van der Waals surface area contributed by atoms with E-state index < -0.39 is 0 Å². The lowest BCUT2D eigenvalue weighted by Gasteiger charge is -2.26. The number of carbonyl (C=O) groups excluding carboxylic acids is 1. The smallest absolute Gasteiger partial charge is 0.271 e. The van der Waals surface area contributed by atoms with Gasteiger partial charge in [0.15, 0.2) is 0 Å². The average Bonchev–Trinajstić information content (AvgIpc) is 2.85. The molecule has 1 aromatic heterocycles. The Bertz CT molecular complexity index is 608. The Kier molecular flexibility index (Phi) is 3.25. The minimum Gasteiger partial charge on any atom is -0.344 e. The molecule has 2 aromatic rings. The van der Waals surface area contributed by atoms with Crippen molar-refractivity contribution in [3.8, 4) is 0 Å². The number of rotatable bonds is 2. The molecule has 0 radical (unpaired) electrons. The molecule has 5 heteroatoms. The fourth-order valence-corrected chi connectivity index (χ4v) is 2.74. The highest BCUT2D eigenvalue weighted by atomic mass is 35.5. The van der Waals surface area contributed by atoms with Crippen molar-refractivity contribution in [2.75, 3.05) is 0 Å². The van der Waals surface area contributed by atoms with E-state index in [4.69, 9.17) is 11.6 Å². The van der Waals surface area contributed by atoms with Gasteiger partial charge in [0.1, 0.15) is 5.69 Å². The number of aromatic nitrogens is 2. The molecule has 0 saturated carbocycles. The number of nitrogens with one attached hydrogen (secondary N) is 2. The molecule has 0 saturated heterocycles. The minimum atomic E-state index is -0.204. The van der Waals surface area contributed by atoms with Gasteiger partial charge in [-0.3, -0.25) is 9.89 Å². The molecule has 1 aliphatic rings. The molecule has 4 nitrogen and oxygen atoms in total. The van der Waals surface area contributed by atoms with Crippen LogP contribution < -0.4 is 5.32 Å². The maximum Gasteiger partial charge on any atom is 0.271 e. The Morgan fingerprint density at radius 2 is 2.26 bits per heavy atom. The number of carbonyl (C=O) groups is 1. The largest absolute Gasteiger partial charge is 0.344 e. The van der Waals surface area contributed by atoms with E-state index in [1.165, 1.54) is 17.3 Å². The van der Waals surface area contributed by atoms with E-state index in [2.05, 4.69) is 27.6 Å². The first-order chi connectivity index (χ1) is 9.25. The highest BCUT2D eigenvalue weighted by Gasteiger charge is 2.23. The Morgan fingerprint density at radius 1 is 1.42 bits per heavy atom. The number of aryl methyl sites for hydroxylation is 1. The lowest BCUT2D eigenvalue weighted by molar-refractivity contribution is 0.0928. The van der Waals surface area contributed by atoms with Crippen LogP contribution in [-0.4, -0.2) is 16.1 Å². The molecular weight excluding hydrogens is 262 g/mol. The summed E-state index contributed by atoms with van der Waals surface area (Å²) in [6, 6.07) is 8.29. The van der Waals surface area contributed by atoms with Gasteiger partial charge in [-0.05, 0) is 30.4 Å². The SMILES string of the molecule is O=C(N[C@@H]1CCCc2ccccc21)c1[nH]ncc1Cl. The maximum absolute atomic E-state index is 12.1. The van der Waals surface area contributed by atoms with Crippen molar-refractivity contribution in [1.82, 2.24) is 15.5 Å². The van der Waals surface area contributed by atoms with Crippen molar-refractivity contribution in [3.05, 3.63) is 52.3 Å². The standard InChI is InChI=1S/C14H14ClN3O/c15-11-8-16-18-13(11)14(19)17-12-7-3-5-9-4-1-2-6-10(9)12/h1-2,4,6,8,12H,3,5,7H2,(H,16,18)(H,17,19)/t12-/m1/s1. The van der Waals surface area contributed by atoms with Crippen LogP contribution in [0.25, 0.3) is 0 Å². The quantitative estimate of drug-likeness (QED) is 0.885. The van der Waals surface area contributed by atoms with Crippen LogP contribution in [0.15, 0.2) is 30.5 Å². The summed E-state index contributed by atoms with van der Waals surface area (Å²) in [6.45, 7) is 0. The lowest BCUT2D eigenvalue weighted by atomic mass is 9.88. The first-order valence-electron chi connectivity index (χ1n) is 6.33. The van der Waals surface area contributed by atoms with E-state index in [1.807, 2.05) is 12.1 Å². The van der Waals surface area contributed by atoms with E-state index in [0.29, 0.717) is 10.7 Å². The molecule has 3 rings (SSSR count). The van der Waals surface area contributed by atoms with Crippen molar-refractivity contribution in [2.24, 2.45) is 0 Å². The second kappa shape index (κ2) is 5.05. The van der Waals surface area contributed by atoms with E-state index in [0.717, 1.165) is 19.3 Å². The molecule has 0 spiro atoms. The van der Waals surface area contributed by atoms with Gasteiger partial charge in [-0.15, -0.1) is 0 Å². The van der Waals surface area contributed by atoms with Gasteiger partial charge in [0.25, 0.3) is 5.91 Å². The van der Waals surface area contributed by atoms with Crippen LogP contribution in [0.2, 0.25) is 5.02 Å². The zero-order valence-electron chi connectivity index (χ0n) is 10.3. The Balaban J connectivity index is 1.82. The predicted octanol–water partition coefficient (Wildman–Crippen LogP) is 2.87. The van der Waals surface area contributed by atoms with Gasteiger partial charge < -0.3 is 5.32 Å². The number of benzene rings is 1. The third kappa shape index (κ3) is 2.36. The summed E-state index contributed by atoms with van der Waals surface area (Å²) in [6.07, 6.45) is 4.55. The summed E-state index contributed by atoms with van der Waals surface area (Å²) >= 11 is 5.90. The van der Waals surface area contributed by atoms with E-state index in [-0.39, 0.29) is 11.9 Å². The molecule has 1 atom stereocenters. The van der Waals surface area contributed by atoms with Crippen LogP contribution >= 0.6 is 11.6 Å². The summed E-state index contributed by atoms with van der Waals surface area (Å²) < 4.78 is 0. The summed E-state index contributed by atoms with van der Waals surface area (Å²) in [5, 5.41) is 9.76. The fourth-order valence-electron chi connectivity index (χ4n) is 2.56. The number of hydrogen-bond acceptors (Lipinski definition) is 2. The van der Waals surface area contributed by atoms with Crippen LogP contribution in [0.3, 0.4) is 0 Å². The number of fused-ring (bicyclic) bond motifs is 1. The summed E-state index contributed by atoms with van der Waals surface area (Å²) in [4.78, 5) is 12.1. The molecule has 1 aromatic carbocycles. The van der Waals surface area contributed by atoms with Crippen molar-refractivity contribution < 1.29 is 4.79 Å². The Labute approximate surface area is 116 Å². The Morgan fingerprint density at radius 3 is 3.05 bits per heavy atom. The number of hydrogen-bond donors (Lipinski definition) is 2. The summed E-state index contributed by atoms with van der Waals surface area (Å²) in [7, 11) is 0. The highest BCUT2D eigenvalue weighted by Crippen LogP contribution is 2.29. The number of aromatic amines is 1. The van der Waals surface area contributed by atoms with Crippen LogP contribution in [0.4, 0.5) is 0 Å². The van der Waals surface area contributed by atoms with Gasteiger partial charge >= 0.3 is 0 Å². The number of nitrogens with zero attached hydrogens (tertiary/aromatic N) is 1. The van der Waals surface area contributed by atoms with Crippen LogP contribution in [0.1, 0.15) is 40.5 Å². The summed E-state index contributed by atoms with van der Waals surface area (Å²) in [5.41, 5.74) is 2.84. The molecule has 0 fully saturated rings. The molecule has 98 valence electrons. The minimum absolute atomic E-state index is 0.0526. The van der Waals surface area contributed by atoms with Crippen LogP contribution in [0.5, 0.6) is 0 Å². The third-order valence-electron chi connectivity index (χ3n) is 3.49. The predicted molar refractivity (Wildman–Crippen MR) is 73.2 cm³/mol. The summed E-state index contributed by atoms with van der Waals surface area (Å²) in [5.74, 6) is -0.204. The van der Waals surface area contributed by atoms with Crippen LogP contribution in [-0.2, 0) is 6.42 Å². The normalized spacial score (nSPS) is 17.8. The molecule has 2 N–H and O–H groups in total.